The first-order chi connectivity index (χ1) is 9.77. The van der Waals surface area contributed by atoms with Crippen molar-refractivity contribution < 1.29 is 8.42 Å². The monoisotopic (exact) mass is 311 g/mol. The van der Waals surface area contributed by atoms with Crippen LogP contribution >= 0.6 is 0 Å². The van der Waals surface area contributed by atoms with Gasteiger partial charge in [-0.15, -0.1) is 0 Å². The Morgan fingerprint density at radius 3 is 2.24 bits per heavy atom. The quantitative estimate of drug-likeness (QED) is 0.669. The molecule has 0 aromatic heterocycles. The molecule has 0 aliphatic rings. The summed E-state index contributed by atoms with van der Waals surface area (Å²) in [4.78, 5) is 0.426. The second-order valence-corrected chi connectivity index (χ2v) is 8.04. The summed E-state index contributed by atoms with van der Waals surface area (Å²) in [5.74, 6) is 0. The second kappa shape index (κ2) is 7.41. The fourth-order valence-corrected chi connectivity index (χ4v) is 4.86. The van der Waals surface area contributed by atoms with Crippen LogP contribution < -0.4 is 0 Å². The van der Waals surface area contributed by atoms with Gasteiger partial charge >= 0.3 is 0 Å². The molecule has 1 rings (SSSR count). The molecule has 1 aromatic carbocycles. The molecule has 120 valence electrons. The highest BCUT2D eigenvalue weighted by Gasteiger charge is 2.36. The highest BCUT2D eigenvalue weighted by molar-refractivity contribution is 7.89. The van der Waals surface area contributed by atoms with Crippen LogP contribution in [-0.4, -0.2) is 24.8 Å². The first-order valence-electron chi connectivity index (χ1n) is 7.85. The van der Waals surface area contributed by atoms with Crippen LogP contribution in [0.25, 0.3) is 0 Å². The molecule has 0 atom stereocenters. The van der Waals surface area contributed by atoms with Crippen LogP contribution in [0.15, 0.2) is 29.2 Å². The van der Waals surface area contributed by atoms with E-state index in [0.29, 0.717) is 11.4 Å². The van der Waals surface area contributed by atoms with Crippen molar-refractivity contribution >= 4 is 10.0 Å². The van der Waals surface area contributed by atoms with E-state index in [1.807, 2.05) is 39.8 Å². The van der Waals surface area contributed by atoms with Crippen molar-refractivity contribution in [3.05, 3.63) is 29.8 Å². The van der Waals surface area contributed by atoms with Crippen LogP contribution in [0.5, 0.6) is 0 Å². The van der Waals surface area contributed by atoms with Crippen LogP contribution in [0, 0.1) is 6.92 Å². The number of unbranched alkanes of at least 4 members (excludes halogenated alkanes) is 2. The van der Waals surface area contributed by atoms with Crippen molar-refractivity contribution in [3.8, 4) is 0 Å². The van der Waals surface area contributed by atoms with Gasteiger partial charge in [0.2, 0.25) is 10.0 Å². The summed E-state index contributed by atoms with van der Waals surface area (Å²) in [6, 6.07) is 7.22. The smallest absolute Gasteiger partial charge is 0.207 e. The predicted molar refractivity (Wildman–Crippen MR) is 89.0 cm³/mol. The molecule has 0 saturated heterocycles. The summed E-state index contributed by atoms with van der Waals surface area (Å²) < 4.78 is 27.6. The molecular formula is C17H29NO2S. The number of hydrogen-bond acceptors (Lipinski definition) is 2. The summed E-state index contributed by atoms with van der Waals surface area (Å²) in [6.45, 7) is 10.5. The molecule has 0 unspecified atom stereocenters. The van der Waals surface area contributed by atoms with E-state index in [1.54, 1.807) is 16.4 Å². The van der Waals surface area contributed by atoms with Crippen molar-refractivity contribution in [2.75, 3.05) is 6.54 Å². The zero-order chi connectivity index (χ0) is 16.1. The number of benzene rings is 1. The zero-order valence-corrected chi connectivity index (χ0v) is 14.8. The molecule has 1 aromatic rings. The minimum absolute atomic E-state index is 0.356. The molecule has 0 heterocycles. The average molecular weight is 311 g/mol. The third-order valence-corrected chi connectivity index (χ3v) is 6.36. The van der Waals surface area contributed by atoms with Gasteiger partial charge in [0.1, 0.15) is 0 Å². The molecule has 0 spiro atoms. The van der Waals surface area contributed by atoms with E-state index in [0.717, 1.165) is 31.2 Å². The molecule has 21 heavy (non-hydrogen) atoms. The molecule has 0 aliphatic carbocycles. The summed E-state index contributed by atoms with van der Waals surface area (Å²) >= 11 is 0. The highest BCUT2D eigenvalue weighted by Crippen LogP contribution is 2.29. The van der Waals surface area contributed by atoms with Gasteiger partial charge in [0.25, 0.3) is 0 Å². The van der Waals surface area contributed by atoms with E-state index >= 15 is 0 Å². The lowest BCUT2D eigenvalue weighted by atomic mass is 9.97. The Hall–Kier alpha value is -0.870. The lowest BCUT2D eigenvalue weighted by Gasteiger charge is -2.37. The van der Waals surface area contributed by atoms with E-state index in [2.05, 4.69) is 6.92 Å². The SMILES string of the molecule is CCCCCC(C)(C)N(CC)S(=O)(=O)c1ccccc1C. The van der Waals surface area contributed by atoms with Gasteiger partial charge in [-0.2, -0.15) is 4.31 Å². The highest BCUT2D eigenvalue weighted by atomic mass is 32.2. The number of nitrogens with zero attached hydrogens (tertiary/aromatic N) is 1. The maximum absolute atomic E-state index is 13.0. The first kappa shape index (κ1) is 18.2. The van der Waals surface area contributed by atoms with Gasteiger partial charge in [0, 0.05) is 12.1 Å². The third-order valence-electron chi connectivity index (χ3n) is 4.02. The van der Waals surface area contributed by atoms with Gasteiger partial charge in [0.15, 0.2) is 0 Å². The Labute approximate surface area is 130 Å². The van der Waals surface area contributed by atoms with E-state index in [4.69, 9.17) is 0 Å². The molecule has 0 fully saturated rings. The summed E-state index contributed by atoms with van der Waals surface area (Å²) in [5, 5.41) is 0. The largest absolute Gasteiger partial charge is 0.243 e. The van der Waals surface area contributed by atoms with Crippen LogP contribution in [0.2, 0.25) is 0 Å². The summed E-state index contributed by atoms with van der Waals surface area (Å²) in [5.41, 5.74) is 0.450. The third kappa shape index (κ3) is 4.30. The second-order valence-electron chi connectivity index (χ2n) is 6.20. The van der Waals surface area contributed by atoms with E-state index in [9.17, 15) is 8.42 Å². The van der Waals surface area contributed by atoms with E-state index < -0.39 is 10.0 Å². The van der Waals surface area contributed by atoms with Crippen molar-refractivity contribution in [1.82, 2.24) is 4.31 Å². The Bertz CT molecular complexity index is 550. The topological polar surface area (TPSA) is 37.4 Å². The normalized spacial score (nSPS) is 12.9. The predicted octanol–water partition coefficient (Wildman–Crippen LogP) is 4.36. The standard InChI is InChI=1S/C17H29NO2S/c1-6-8-11-14-17(4,5)18(7-2)21(19,20)16-13-10-9-12-15(16)3/h9-10,12-13H,6-8,11,14H2,1-5H3. The van der Waals surface area contributed by atoms with Crippen molar-refractivity contribution in [2.45, 2.75) is 70.7 Å². The summed E-state index contributed by atoms with van der Waals surface area (Å²) in [7, 11) is -3.44. The minimum Gasteiger partial charge on any atom is -0.207 e. The van der Waals surface area contributed by atoms with Crippen LogP contribution in [0.4, 0.5) is 0 Å². The summed E-state index contributed by atoms with van der Waals surface area (Å²) in [6.07, 6.45) is 4.24. The van der Waals surface area contributed by atoms with E-state index in [1.165, 1.54) is 0 Å². The van der Waals surface area contributed by atoms with Crippen molar-refractivity contribution in [2.24, 2.45) is 0 Å². The Morgan fingerprint density at radius 2 is 1.71 bits per heavy atom. The number of aryl methyl sites for hydroxylation is 1. The lowest BCUT2D eigenvalue weighted by Crippen LogP contribution is -2.47. The number of rotatable bonds is 8. The maximum atomic E-state index is 13.0. The minimum atomic E-state index is -3.44. The van der Waals surface area contributed by atoms with Crippen molar-refractivity contribution in [3.63, 3.8) is 0 Å². The van der Waals surface area contributed by atoms with Crippen LogP contribution in [-0.2, 0) is 10.0 Å². The van der Waals surface area contributed by atoms with Crippen molar-refractivity contribution in [1.29, 1.82) is 0 Å². The Kier molecular flexibility index (Phi) is 6.41. The molecule has 3 nitrogen and oxygen atoms in total. The molecule has 0 aliphatic heterocycles. The van der Waals surface area contributed by atoms with Crippen LogP contribution in [0.1, 0.15) is 58.9 Å². The Balaban J connectivity index is 3.11. The fourth-order valence-electron chi connectivity index (χ4n) is 2.82. The number of hydrogen-bond donors (Lipinski definition) is 0. The number of sulfonamides is 1. The van der Waals surface area contributed by atoms with Gasteiger partial charge in [0.05, 0.1) is 4.90 Å². The van der Waals surface area contributed by atoms with Gasteiger partial charge in [-0.05, 0) is 38.8 Å². The molecule has 0 bridgehead atoms. The average Bonchev–Trinajstić information content (AvgIpc) is 2.39. The molecular weight excluding hydrogens is 282 g/mol. The van der Waals surface area contributed by atoms with Gasteiger partial charge < -0.3 is 0 Å². The lowest BCUT2D eigenvalue weighted by molar-refractivity contribution is 0.215. The molecule has 0 N–H and O–H groups in total. The molecule has 0 radical (unpaired) electrons. The molecule has 0 saturated carbocycles. The maximum Gasteiger partial charge on any atom is 0.243 e. The Morgan fingerprint density at radius 1 is 1.10 bits per heavy atom. The van der Waals surface area contributed by atoms with Crippen LogP contribution in [0.3, 0.4) is 0 Å². The van der Waals surface area contributed by atoms with Gasteiger partial charge in [-0.25, -0.2) is 8.42 Å². The fraction of sp³-hybridized carbons (Fsp3) is 0.647. The van der Waals surface area contributed by atoms with E-state index in [-0.39, 0.29) is 5.54 Å². The zero-order valence-electron chi connectivity index (χ0n) is 14.0. The first-order valence-corrected chi connectivity index (χ1v) is 9.30. The van der Waals surface area contributed by atoms with Gasteiger partial charge in [-0.1, -0.05) is 51.3 Å². The van der Waals surface area contributed by atoms with Gasteiger partial charge in [-0.3, -0.25) is 0 Å². The molecule has 4 heteroatoms. The molecule has 0 amide bonds.